The Morgan fingerprint density at radius 2 is 2.08 bits per heavy atom. The van der Waals surface area contributed by atoms with Crippen LogP contribution in [0.5, 0.6) is 0 Å². The van der Waals surface area contributed by atoms with Crippen LogP contribution in [0.15, 0.2) is 0 Å². The normalized spacial score (nSPS) is 34.3. The zero-order valence-corrected chi connectivity index (χ0v) is 8.79. The second kappa shape index (κ2) is 4.23. The lowest BCUT2D eigenvalue weighted by Crippen LogP contribution is -2.33. The van der Waals surface area contributed by atoms with Crippen LogP contribution in [0, 0.1) is 17.8 Å². The molecule has 1 aliphatic carbocycles. The Balaban J connectivity index is 2.60. The first kappa shape index (κ1) is 10.7. The number of hydrogen-bond acceptors (Lipinski definition) is 2. The summed E-state index contributed by atoms with van der Waals surface area (Å²) in [6.07, 6.45) is 2.34. The second-order valence-electron chi connectivity index (χ2n) is 4.55. The van der Waals surface area contributed by atoms with Crippen molar-refractivity contribution in [1.29, 1.82) is 0 Å². The molecule has 0 aromatic rings. The summed E-state index contributed by atoms with van der Waals surface area (Å²) in [6.45, 7) is 5.94. The molecule has 13 heavy (non-hydrogen) atoms. The Hall–Kier alpha value is -0.370. The van der Waals surface area contributed by atoms with Gasteiger partial charge in [0.15, 0.2) is 0 Å². The van der Waals surface area contributed by atoms with Crippen molar-refractivity contribution in [3.05, 3.63) is 0 Å². The molecule has 0 spiro atoms. The lowest BCUT2D eigenvalue weighted by atomic mass is 9.74. The molecular weight excluding hydrogens is 164 g/mol. The van der Waals surface area contributed by atoms with E-state index >= 15 is 0 Å². The highest BCUT2D eigenvalue weighted by Crippen LogP contribution is 2.32. The van der Waals surface area contributed by atoms with E-state index in [0.29, 0.717) is 18.1 Å². The fraction of sp³-hybridized carbons (Fsp3) is 0.909. The molecule has 4 unspecified atom stereocenters. The van der Waals surface area contributed by atoms with Crippen LogP contribution < -0.4 is 0 Å². The Morgan fingerprint density at radius 1 is 1.46 bits per heavy atom. The quantitative estimate of drug-likeness (QED) is 0.712. The number of hydrogen-bond donors (Lipinski definition) is 1. The Kier molecular flexibility index (Phi) is 3.48. The van der Waals surface area contributed by atoms with Crippen molar-refractivity contribution in [1.82, 2.24) is 0 Å². The van der Waals surface area contributed by atoms with Crippen molar-refractivity contribution in [3.63, 3.8) is 0 Å². The first-order chi connectivity index (χ1) is 6.02. The Bertz CT molecular complexity index is 187. The van der Waals surface area contributed by atoms with Crippen LogP contribution in [-0.2, 0) is 4.79 Å². The average molecular weight is 184 g/mol. The number of rotatable bonds is 2. The van der Waals surface area contributed by atoms with Crippen molar-refractivity contribution in [2.45, 2.75) is 46.1 Å². The third kappa shape index (κ3) is 2.53. The summed E-state index contributed by atoms with van der Waals surface area (Å²) in [5, 5.41) is 9.42. The van der Waals surface area contributed by atoms with Crippen LogP contribution in [-0.4, -0.2) is 17.0 Å². The highest BCUT2D eigenvalue weighted by molar-refractivity contribution is 5.82. The standard InChI is InChI=1S/C11H20O2/c1-7-4-5-11(13)10(6-7)8(2)9(3)12/h7-10,12H,4-6H2,1-3H3. The van der Waals surface area contributed by atoms with E-state index in [9.17, 15) is 9.90 Å². The van der Waals surface area contributed by atoms with E-state index in [-0.39, 0.29) is 17.9 Å². The summed E-state index contributed by atoms with van der Waals surface area (Å²) < 4.78 is 0. The van der Waals surface area contributed by atoms with Gasteiger partial charge in [0, 0.05) is 12.3 Å². The number of Topliss-reactive ketones (excluding diaryl/α,β-unsaturated/α-hetero) is 1. The van der Waals surface area contributed by atoms with Crippen LogP contribution in [0.3, 0.4) is 0 Å². The SMILES string of the molecule is CC1CCC(=O)C(C(C)C(C)O)C1. The van der Waals surface area contributed by atoms with Gasteiger partial charge in [-0.2, -0.15) is 0 Å². The summed E-state index contributed by atoms with van der Waals surface area (Å²) in [5.41, 5.74) is 0. The van der Waals surface area contributed by atoms with Crippen LogP contribution in [0.1, 0.15) is 40.0 Å². The third-order valence-electron chi connectivity index (χ3n) is 3.35. The van der Waals surface area contributed by atoms with Gasteiger partial charge in [-0.3, -0.25) is 4.79 Å². The maximum Gasteiger partial charge on any atom is 0.136 e. The van der Waals surface area contributed by atoms with E-state index in [1.165, 1.54) is 0 Å². The van der Waals surface area contributed by atoms with Gasteiger partial charge in [-0.25, -0.2) is 0 Å². The van der Waals surface area contributed by atoms with Gasteiger partial charge in [-0.05, 0) is 31.6 Å². The molecule has 1 rings (SSSR count). The van der Waals surface area contributed by atoms with E-state index in [1.54, 1.807) is 6.92 Å². The molecule has 0 aromatic heterocycles. The second-order valence-corrected chi connectivity index (χ2v) is 4.55. The van der Waals surface area contributed by atoms with Crippen LogP contribution in [0.25, 0.3) is 0 Å². The summed E-state index contributed by atoms with van der Waals surface area (Å²) >= 11 is 0. The van der Waals surface area contributed by atoms with Gasteiger partial charge in [0.05, 0.1) is 6.10 Å². The smallest absolute Gasteiger partial charge is 0.136 e. The third-order valence-corrected chi connectivity index (χ3v) is 3.35. The highest BCUT2D eigenvalue weighted by Gasteiger charge is 2.32. The topological polar surface area (TPSA) is 37.3 Å². The van der Waals surface area contributed by atoms with Crippen molar-refractivity contribution in [3.8, 4) is 0 Å². The van der Waals surface area contributed by atoms with E-state index < -0.39 is 0 Å². The largest absolute Gasteiger partial charge is 0.393 e. The molecule has 2 heteroatoms. The van der Waals surface area contributed by atoms with Crippen LogP contribution in [0.2, 0.25) is 0 Å². The predicted molar refractivity (Wildman–Crippen MR) is 52.4 cm³/mol. The molecule has 0 aliphatic heterocycles. The molecule has 4 atom stereocenters. The van der Waals surface area contributed by atoms with Gasteiger partial charge in [-0.1, -0.05) is 13.8 Å². The number of ketones is 1. The molecule has 0 amide bonds. The zero-order valence-electron chi connectivity index (χ0n) is 8.79. The highest BCUT2D eigenvalue weighted by atomic mass is 16.3. The molecule has 0 saturated heterocycles. The molecule has 1 saturated carbocycles. The molecule has 0 heterocycles. The number of carbonyl (C=O) groups excluding carboxylic acids is 1. The van der Waals surface area contributed by atoms with Crippen LogP contribution in [0.4, 0.5) is 0 Å². The summed E-state index contributed by atoms with van der Waals surface area (Å²) in [7, 11) is 0. The van der Waals surface area contributed by atoms with Crippen molar-refractivity contribution in [2.24, 2.45) is 17.8 Å². The van der Waals surface area contributed by atoms with E-state index in [4.69, 9.17) is 0 Å². The maximum absolute atomic E-state index is 11.6. The molecule has 0 bridgehead atoms. The molecule has 0 radical (unpaired) electrons. The maximum atomic E-state index is 11.6. The summed E-state index contributed by atoms with van der Waals surface area (Å²) in [6, 6.07) is 0. The van der Waals surface area contributed by atoms with Gasteiger partial charge >= 0.3 is 0 Å². The Labute approximate surface area is 80.3 Å². The molecule has 2 nitrogen and oxygen atoms in total. The number of carbonyl (C=O) groups is 1. The molecular formula is C11H20O2. The number of aliphatic hydroxyl groups is 1. The first-order valence-corrected chi connectivity index (χ1v) is 5.23. The van der Waals surface area contributed by atoms with Gasteiger partial charge in [0.25, 0.3) is 0 Å². The molecule has 76 valence electrons. The predicted octanol–water partition coefficient (Wildman–Crippen LogP) is 2.01. The van der Waals surface area contributed by atoms with E-state index in [0.717, 1.165) is 12.8 Å². The average Bonchev–Trinajstić information content (AvgIpc) is 2.08. The molecule has 1 fully saturated rings. The van der Waals surface area contributed by atoms with Crippen molar-refractivity contribution in [2.75, 3.05) is 0 Å². The minimum atomic E-state index is -0.362. The van der Waals surface area contributed by atoms with Crippen molar-refractivity contribution < 1.29 is 9.90 Å². The van der Waals surface area contributed by atoms with Crippen molar-refractivity contribution >= 4 is 5.78 Å². The van der Waals surface area contributed by atoms with E-state index in [2.05, 4.69) is 6.92 Å². The zero-order chi connectivity index (χ0) is 10.0. The molecule has 0 aromatic carbocycles. The van der Waals surface area contributed by atoms with E-state index in [1.807, 2.05) is 6.92 Å². The number of aliphatic hydroxyl groups excluding tert-OH is 1. The monoisotopic (exact) mass is 184 g/mol. The Morgan fingerprint density at radius 3 is 2.62 bits per heavy atom. The minimum absolute atomic E-state index is 0.101. The lowest BCUT2D eigenvalue weighted by Gasteiger charge is -2.31. The summed E-state index contributed by atoms with van der Waals surface area (Å²) in [4.78, 5) is 11.6. The fourth-order valence-electron chi connectivity index (χ4n) is 2.10. The summed E-state index contributed by atoms with van der Waals surface area (Å²) in [5.74, 6) is 1.22. The lowest BCUT2D eigenvalue weighted by molar-refractivity contribution is -0.128. The van der Waals surface area contributed by atoms with Gasteiger partial charge in [0.1, 0.15) is 5.78 Å². The first-order valence-electron chi connectivity index (χ1n) is 5.23. The fourth-order valence-corrected chi connectivity index (χ4v) is 2.10. The van der Waals surface area contributed by atoms with Gasteiger partial charge in [0.2, 0.25) is 0 Å². The molecule has 1 N–H and O–H groups in total. The van der Waals surface area contributed by atoms with Gasteiger partial charge < -0.3 is 5.11 Å². The van der Waals surface area contributed by atoms with Crippen LogP contribution >= 0.6 is 0 Å². The minimum Gasteiger partial charge on any atom is -0.393 e. The van der Waals surface area contributed by atoms with Gasteiger partial charge in [-0.15, -0.1) is 0 Å². The molecule has 1 aliphatic rings.